The van der Waals surface area contributed by atoms with E-state index in [0.717, 1.165) is 6.07 Å². The van der Waals surface area contributed by atoms with Crippen LogP contribution in [0.2, 0.25) is 0 Å². The van der Waals surface area contributed by atoms with Gasteiger partial charge in [-0.1, -0.05) is 32.0 Å². The molecule has 3 nitrogen and oxygen atoms in total. The van der Waals surface area contributed by atoms with Gasteiger partial charge in [0.15, 0.2) is 5.78 Å². The molecule has 1 aromatic rings. The van der Waals surface area contributed by atoms with Gasteiger partial charge < -0.3 is 4.74 Å². The van der Waals surface area contributed by atoms with Gasteiger partial charge in [0, 0.05) is 18.9 Å². The molecular weight excluding hydrogens is 307 g/mol. The Morgan fingerprint density at radius 3 is 2.43 bits per heavy atom. The molecule has 0 aliphatic heterocycles. The van der Waals surface area contributed by atoms with E-state index in [1.54, 1.807) is 13.8 Å². The Labute approximate surface area is 133 Å². The zero-order valence-electron chi connectivity index (χ0n) is 13.2. The monoisotopic (exact) mass is 325 g/mol. The van der Waals surface area contributed by atoms with E-state index in [1.807, 2.05) is 6.07 Å². The number of ketones is 1. The molecule has 1 aliphatic rings. The summed E-state index contributed by atoms with van der Waals surface area (Å²) in [6, 6.07) is 7.11. The minimum Gasteiger partial charge on any atom is -0.373 e. The van der Waals surface area contributed by atoms with Crippen molar-refractivity contribution in [3.8, 4) is 6.07 Å². The first-order valence-electron chi connectivity index (χ1n) is 7.23. The van der Waals surface area contributed by atoms with Crippen molar-refractivity contribution >= 4 is 5.78 Å². The number of hydrogen-bond donors (Lipinski definition) is 0. The molecule has 0 heterocycles. The number of carbonyl (C=O) groups is 1. The summed E-state index contributed by atoms with van der Waals surface area (Å²) in [7, 11) is 1.33. The largest absolute Gasteiger partial charge is 0.416 e. The first-order chi connectivity index (χ1) is 10.6. The number of halogens is 3. The molecule has 2 unspecified atom stereocenters. The van der Waals surface area contributed by atoms with Crippen LogP contribution in [0.15, 0.2) is 24.3 Å². The van der Waals surface area contributed by atoms with Gasteiger partial charge >= 0.3 is 6.18 Å². The van der Waals surface area contributed by atoms with Gasteiger partial charge in [-0.25, -0.2) is 0 Å². The van der Waals surface area contributed by atoms with E-state index >= 15 is 0 Å². The molecule has 124 valence electrons. The summed E-state index contributed by atoms with van der Waals surface area (Å²) in [5, 5.41) is 9.25. The second kappa shape index (κ2) is 5.64. The lowest BCUT2D eigenvalue weighted by molar-refractivity contribution is -0.153. The van der Waals surface area contributed by atoms with Crippen LogP contribution in [0.5, 0.6) is 0 Å². The Hall–Kier alpha value is -1.87. The summed E-state index contributed by atoms with van der Waals surface area (Å²) in [5.74, 6) is -1.24. The van der Waals surface area contributed by atoms with Gasteiger partial charge in [0.2, 0.25) is 0 Å². The van der Waals surface area contributed by atoms with Crippen LogP contribution in [-0.4, -0.2) is 12.9 Å². The summed E-state index contributed by atoms with van der Waals surface area (Å²) >= 11 is 0. The molecular formula is C17H18F3NO2. The van der Waals surface area contributed by atoms with Crippen LogP contribution in [0.1, 0.15) is 37.8 Å². The average Bonchev–Trinajstić information content (AvgIpc) is 2.49. The lowest BCUT2D eigenvalue weighted by Gasteiger charge is -2.45. The quantitative estimate of drug-likeness (QED) is 0.823. The molecule has 6 heteroatoms. The minimum atomic E-state index is -4.53. The molecule has 0 bridgehead atoms. The molecule has 0 spiro atoms. The van der Waals surface area contributed by atoms with Crippen LogP contribution in [-0.2, 0) is 21.3 Å². The van der Waals surface area contributed by atoms with Crippen molar-refractivity contribution in [3.63, 3.8) is 0 Å². The molecule has 1 fully saturated rings. The van der Waals surface area contributed by atoms with Crippen molar-refractivity contribution in [2.45, 2.75) is 38.5 Å². The van der Waals surface area contributed by atoms with E-state index in [-0.39, 0.29) is 24.2 Å². The van der Waals surface area contributed by atoms with Crippen LogP contribution in [0.3, 0.4) is 0 Å². The highest BCUT2D eigenvalue weighted by molar-refractivity contribution is 5.89. The summed E-state index contributed by atoms with van der Waals surface area (Å²) in [4.78, 5) is 12.3. The lowest BCUT2D eigenvalue weighted by Crippen LogP contribution is -2.48. The topological polar surface area (TPSA) is 50.1 Å². The van der Waals surface area contributed by atoms with E-state index < -0.39 is 28.7 Å². The van der Waals surface area contributed by atoms with Crippen molar-refractivity contribution in [1.82, 2.24) is 0 Å². The van der Waals surface area contributed by atoms with Gasteiger partial charge in [0.1, 0.15) is 5.92 Å². The summed E-state index contributed by atoms with van der Waals surface area (Å²) in [6.45, 7) is 3.28. The standard InChI is InChI=1S/C17H18F3NO2/c1-15(2)10-16(23-3,8-11(9-21)14(15)22)12-6-4-5-7-13(12)17(18,19)20/h4-7,11H,8,10H2,1-3H3. The molecule has 1 aromatic carbocycles. The van der Waals surface area contributed by atoms with Crippen LogP contribution < -0.4 is 0 Å². The normalized spacial score (nSPS) is 27.5. The average molecular weight is 325 g/mol. The smallest absolute Gasteiger partial charge is 0.373 e. The van der Waals surface area contributed by atoms with Crippen LogP contribution in [0, 0.1) is 22.7 Å². The Kier molecular flexibility index (Phi) is 4.29. The number of alkyl halides is 3. The minimum absolute atomic E-state index is 0.0178. The van der Waals surface area contributed by atoms with Gasteiger partial charge in [0.05, 0.1) is 17.2 Å². The van der Waals surface area contributed by atoms with Crippen molar-refractivity contribution in [1.29, 1.82) is 5.26 Å². The third kappa shape index (κ3) is 2.98. The number of carbonyl (C=O) groups excluding carboxylic acids is 1. The lowest BCUT2D eigenvalue weighted by atomic mass is 9.62. The summed E-state index contributed by atoms with van der Waals surface area (Å²) in [5.41, 5.74) is -3.06. The van der Waals surface area contributed by atoms with E-state index in [1.165, 1.54) is 25.3 Å². The van der Waals surface area contributed by atoms with Gasteiger partial charge in [0.25, 0.3) is 0 Å². The highest BCUT2D eigenvalue weighted by Gasteiger charge is 2.53. The van der Waals surface area contributed by atoms with Crippen molar-refractivity contribution in [2.75, 3.05) is 7.11 Å². The maximum atomic E-state index is 13.4. The predicted molar refractivity (Wildman–Crippen MR) is 77.3 cm³/mol. The fourth-order valence-electron chi connectivity index (χ4n) is 3.47. The zero-order valence-corrected chi connectivity index (χ0v) is 13.2. The molecule has 23 heavy (non-hydrogen) atoms. The number of methoxy groups -OCH3 is 1. The van der Waals surface area contributed by atoms with Gasteiger partial charge in [-0.05, 0) is 18.1 Å². The number of rotatable bonds is 2. The Morgan fingerprint density at radius 2 is 1.91 bits per heavy atom. The fraction of sp³-hybridized carbons (Fsp3) is 0.529. The first kappa shape index (κ1) is 17.5. The van der Waals surface area contributed by atoms with Crippen molar-refractivity contribution in [3.05, 3.63) is 35.4 Å². The molecule has 0 amide bonds. The first-order valence-corrected chi connectivity index (χ1v) is 7.23. The number of nitriles is 1. The van der Waals surface area contributed by atoms with E-state index in [4.69, 9.17) is 4.74 Å². The third-order valence-electron chi connectivity index (χ3n) is 4.51. The predicted octanol–water partition coefficient (Wildman–Crippen LogP) is 4.08. The van der Waals surface area contributed by atoms with E-state index in [9.17, 15) is 23.2 Å². The van der Waals surface area contributed by atoms with Crippen LogP contribution >= 0.6 is 0 Å². The van der Waals surface area contributed by atoms with Crippen molar-refractivity contribution in [2.24, 2.45) is 11.3 Å². The van der Waals surface area contributed by atoms with E-state index in [2.05, 4.69) is 0 Å². The Morgan fingerprint density at radius 1 is 1.30 bits per heavy atom. The summed E-state index contributed by atoms with van der Waals surface area (Å²) in [6.07, 6.45) is -4.51. The zero-order chi connectivity index (χ0) is 17.5. The van der Waals surface area contributed by atoms with Crippen LogP contribution in [0.4, 0.5) is 13.2 Å². The van der Waals surface area contributed by atoms with Gasteiger partial charge in [-0.15, -0.1) is 0 Å². The molecule has 2 atom stereocenters. The molecule has 1 saturated carbocycles. The number of ether oxygens (including phenoxy) is 1. The number of hydrogen-bond acceptors (Lipinski definition) is 3. The second-order valence-electron chi connectivity index (χ2n) is 6.55. The maximum absolute atomic E-state index is 13.4. The third-order valence-corrected chi connectivity index (χ3v) is 4.51. The Bertz CT molecular complexity index is 661. The van der Waals surface area contributed by atoms with Gasteiger partial charge in [-0.2, -0.15) is 18.4 Å². The highest BCUT2D eigenvalue weighted by atomic mass is 19.4. The highest BCUT2D eigenvalue weighted by Crippen LogP contribution is 2.51. The summed E-state index contributed by atoms with van der Waals surface area (Å²) < 4.78 is 45.6. The molecule has 1 aliphatic carbocycles. The molecule has 0 radical (unpaired) electrons. The molecule has 0 saturated heterocycles. The van der Waals surface area contributed by atoms with Crippen LogP contribution in [0.25, 0.3) is 0 Å². The van der Waals surface area contributed by atoms with Gasteiger partial charge in [-0.3, -0.25) is 4.79 Å². The Balaban J connectivity index is 2.64. The second-order valence-corrected chi connectivity index (χ2v) is 6.55. The number of Topliss-reactive ketones (excluding diaryl/α,β-unsaturated/α-hetero) is 1. The number of benzene rings is 1. The maximum Gasteiger partial charge on any atom is 0.416 e. The van der Waals surface area contributed by atoms with E-state index in [0.29, 0.717) is 0 Å². The SMILES string of the molecule is COC1(c2ccccc2C(F)(F)F)CC(C#N)C(=O)C(C)(C)C1. The molecule has 0 aromatic heterocycles. The molecule has 0 N–H and O–H groups in total. The van der Waals surface area contributed by atoms with Crippen molar-refractivity contribution < 1.29 is 22.7 Å². The number of nitrogens with zero attached hydrogens (tertiary/aromatic N) is 1. The molecule has 2 rings (SSSR count). The fourth-order valence-corrected chi connectivity index (χ4v) is 3.47.